The van der Waals surface area contributed by atoms with Gasteiger partial charge in [-0.25, -0.2) is 4.79 Å². The van der Waals surface area contributed by atoms with Gasteiger partial charge in [0.25, 0.3) is 0 Å². The van der Waals surface area contributed by atoms with Crippen LogP contribution in [0.2, 0.25) is 5.02 Å². The molecule has 0 unspecified atom stereocenters. The van der Waals surface area contributed by atoms with Crippen LogP contribution >= 0.6 is 11.6 Å². The van der Waals surface area contributed by atoms with Crippen molar-refractivity contribution in [2.45, 2.75) is 18.4 Å². The number of ether oxygens (including phenoxy) is 1. The van der Waals surface area contributed by atoms with E-state index in [1.54, 1.807) is 12.1 Å². The molecule has 0 aromatic heterocycles. The molecule has 1 aromatic carbocycles. The summed E-state index contributed by atoms with van der Waals surface area (Å²) in [6.07, 6.45) is 1.76. The number of halogens is 1. The molecular formula is C15H20ClN3O2. The van der Waals surface area contributed by atoms with E-state index in [4.69, 9.17) is 16.3 Å². The fourth-order valence-corrected chi connectivity index (χ4v) is 3.10. The number of amides is 2. The second kappa shape index (κ2) is 6.22. The molecule has 0 aliphatic carbocycles. The zero-order valence-corrected chi connectivity index (χ0v) is 12.7. The molecule has 3 rings (SSSR count). The Kier molecular flexibility index (Phi) is 4.33. The number of carbonyl (C=O) groups is 1. The summed E-state index contributed by atoms with van der Waals surface area (Å²) in [7, 11) is 0. The molecule has 2 heterocycles. The van der Waals surface area contributed by atoms with Crippen molar-refractivity contribution in [2.24, 2.45) is 0 Å². The number of nitrogens with zero attached hydrogens (tertiary/aromatic N) is 1. The van der Waals surface area contributed by atoms with Gasteiger partial charge in [-0.2, -0.15) is 0 Å². The van der Waals surface area contributed by atoms with Gasteiger partial charge in [0, 0.05) is 36.9 Å². The molecule has 0 bridgehead atoms. The van der Waals surface area contributed by atoms with E-state index in [0.29, 0.717) is 18.1 Å². The van der Waals surface area contributed by atoms with E-state index < -0.39 is 0 Å². The standard InChI is InChI=1S/C15H20ClN3O2/c16-12-2-1-3-13(10-12)18-14(20)19-7-4-15(5-8-19)11-17-6-9-21-15/h1-3,10,17H,4-9,11H2,(H,18,20). The van der Waals surface area contributed by atoms with Crippen LogP contribution in [0.1, 0.15) is 12.8 Å². The Balaban J connectivity index is 1.55. The third-order valence-corrected chi connectivity index (χ3v) is 4.41. The van der Waals surface area contributed by atoms with Crippen molar-refractivity contribution in [2.75, 3.05) is 38.1 Å². The van der Waals surface area contributed by atoms with Crippen LogP contribution < -0.4 is 10.6 Å². The quantitative estimate of drug-likeness (QED) is 0.837. The van der Waals surface area contributed by atoms with E-state index in [1.807, 2.05) is 17.0 Å². The first-order valence-corrected chi connectivity index (χ1v) is 7.71. The van der Waals surface area contributed by atoms with E-state index >= 15 is 0 Å². The molecule has 0 radical (unpaired) electrons. The van der Waals surface area contributed by atoms with Crippen LogP contribution in [0, 0.1) is 0 Å². The van der Waals surface area contributed by atoms with Crippen LogP contribution in [0.4, 0.5) is 10.5 Å². The third-order valence-electron chi connectivity index (χ3n) is 4.17. The maximum atomic E-state index is 12.3. The highest BCUT2D eigenvalue weighted by atomic mass is 35.5. The summed E-state index contributed by atoms with van der Waals surface area (Å²) in [5, 5.41) is 6.88. The lowest BCUT2D eigenvalue weighted by Crippen LogP contribution is -2.56. The monoisotopic (exact) mass is 309 g/mol. The van der Waals surface area contributed by atoms with Gasteiger partial charge in [0.1, 0.15) is 0 Å². The highest BCUT2D eigenvalue weighted by Crippen LogP contribution is 2.27. The lowest BCUT2D eigenvalue weighted by Gasteiger charge is -2.44. The molecule has 2 aliphatic heterocycles. The molecule has 114 valence electrons. The SMILES string of the molecule is O=C(Nc1cccc(Cl)c1)N1CCC2(CC1)CNCCO2. The van der Waals surface area contributed by atoms with Crippen LogP contribution in [-0.2, 0) is 4.74 Å². The summed E-state index contributed by atoms with van der Waals surface area (Å²) in [6.45, 7) is 3.99. The van der Waals surface area contributed by atoms with Crippen LogP contribution in [0.3, 0.4) is 0 Å². The average Bonchev–Trinajstić information content (AvgIpc) is 2.49. The Morgan fingerprint density at radius 2 is 2.19 bits per heavy atom. The summed E-state index contributed by atoms with van der Waals surface area (Å²) in [6, 6.07) is 7.12. The van der Waals surface area contributed by atoms with Crippen molar-refractivity contribution < 1.29 is 9.53 Å². The lowest BCUT2D eigenvalue weighted by molar-refractivity contribution is -0.0941. The molecule has 5 nitrogen and oxygen atoms in total. The maximum Gasteiger partial charge on any atom is 0.321 e. The van der Waals surface area contributed by atoms with E-state index in [9.17, 15) is 4.79 Å². The van der Waals surface area contributed by atoms with E-state index in [1.165, 1.54) is 0 Å². The minimum Gasteiger partial charge on any atom is -0.372 e. The minimum atomic E-state index is -0.0783. The molecule has 0 saturated carbocycles. The fourth-order valence-electron chi connectivity index (χ4n) is 2.91. The Bertz CT molecular complexity index is 507. The lowest BCUT2D eigenvalue weighted by atomic mass is 9.90. The smallest absolute Gasteiger partial charge is 0.321 e. The molecule has 1 aromatic rings. The number of morpholine rings is 1. The molecule has 1 spiro atoms. The molecule has 0 atom stereocenters. The number of anilines is 1. The summed E-state index contributed by atoms with van der Waals surface area (Å²) in [5.41, 5.74) is 0.647. The molecule has 2 amide bonds. The Morgan fingerprint density at radius 1 is 1.38 bits per heavy atom. The molecule has 21 heavy (non-hydrogen) atoms. The Hall–Kier alpha value is -1.30. The van der Waals surface area contributed by atoms with Crippen LogP contribution in [-0.4, -0.2) is 49.3 Å². The predicted molar refractivity (Wildman–Crippen MR) is 82.8 cm³/mol. The van der Waals surface area contributed by atoms with Gasteiger partial charge >= 0.3 is 6.03 Å². The number of benzene rings is 1. The van der Waals surface area contributed by atoms with Gasteiger partial charge in [-0.1, -0.05) is 17.7 Å². The second-order valence-electron chi connectivity index (χ2n) is 5.64. The van der Waals surface area contributed by atoms with Crippen LogP contribution in [0.25, 0.3) is 0 Å². The number of likely N-dealkylation sites (tertiary alicyclic amines) is 1. The highest BCUT2D eigenvalue weighted by molar-refractivity contribution is 6.30. The first-order valence-electron chi connectivity index (χ1n) is 7.33. The van der Waals surface area contributed by atoms with Crippen molar-refractivity contribution in [1.82, 2.24) is 10.2 Å². The van der Waals surface area contributed by atoms with Gasteiger partial charge in [-0.3, -0.25) is 0 Å². The molecule has 2 saturated heterocycles. The van der Waals surface area contributed by atoms with Crippen molar-refractivity contribution in [1.29, 1.82) is 0 Å². The van der Waals surface area contributed by atoms with Crippen molar-refractivity contribution in [3.8, 4) is 0 Å². The zero-order valence-electron chi connectivity index (χ0n) is 11.9. The number of urea groups is 1. The molecule has 2 N–H and O–H groups in total. The molecule has 2 fully saturated rings. The van der Waals surface area contributed by atoms with Gasteiger partial charge in [-0.15, -0.1) is 0 Å². The van der Waals surface area contributed by atoms with Gasteiger partial charge in [-0.05, 0) is 31.0 Å². The number of carbonyl (C=O) groups excluding carboxylic acids is 1. The molecule has 6 heteroatoms. The minimum absolute atomic E-state index is 0.0733. The number of rotatable bonds is 1. The number of nitrogens with one attached hydrogen (secondary N) is 2. The normalized spacial score (nSPS) is 21.3. The number of hydrogen-bond donors (Lipinski definition) is 2. The third kappa shape index (κ3) is 3.48. The first-order chi connectivity index (χ1) is 10.2. The first kappa shape index (κ1) is 14.6. The van der Waals surface area contributed by atoms with Crippen LogP contribution in [0.5, 0.6) is 0 Å². The second-order valence-corrected chi connectivity index (χ2v) is 6.07. The largest absolute Gasteiger partial charge is 0.372 e. The zero-order chi connectivity index (χ0) is 14.7. The van der Waals surface area contributed by atoms with E-state index in [2.05, 4.69) is 10.6 Å². The number of hydrogen-bond acceptors (Lipinski definition) is 3. The highest BCUT2D eigenvalue weighted by Gasteiger charge is 2.38. The van der Waals surface area contributed by atoms with Crippen LogP contribution in [0.15, 0.2) is 24.3 Å². The van der Waals surface area contributed by atoms with E-state index in [0.717, 1.165) is 38.2 Å². The van der Waals surface area contributed by atoms with Gasteiger partial charge in [0.2, 0.25) is 0 Å². The number of piperidine rings is 1. The predicted octanol–water partition coefficient (Wildman–Crippen LogP) is 2.33. The van der Waals surface area contributed by atoms with Crippen molar-refractivity contribution in [3.63, 3.8) is 0 Å². The average molecular weight is 310 g/mol. The summed E-state index contributed by atoms with van der Waals surface area (Å²) in [4.78, 5) is 14.1. The van der Waals surface area contributed by atoms with Crippen molar-refractivity contribution >= 4 is 23.3 Å². The Morgan fingerprint density at radius 3 is 2.86 bits per heavy atom. The summed E-state index contributed by atoms with van der Waals surface area (Å²) < 4.78 is 5.93. The van der Waals surface area contributed by atoms with Crippen molar-refractivity contribution in [3.05, 3.63) is 29.3 Å². The Labute approximate surface area is 129 Å². The van der Waals surface area contributed by atoms with E-state index in [-0.39, 0.29) is 11.6 Å². The molecular weight excluding hydrogens is 290 g/mol. The summed E-state index contributed by atoms with van der Waals surface area (Å²) in [5.74, 6) is 0. The van der Waals surface area contributed by atoms with Gasteiger partial charge in [0.15, 0.2) is 0 Å². The van der Waals surface area contributed by atoms with Gasteiger partial charge < -0.3 is 20.3 Å². The van der Waals surface area contributed by atoms with Gasteiger partial charge in [0.05, 0.1) is 12.2 Å². The fraction of sp³-hybridized carbons (Fsp3) is 0.533. The topological polar surface area (TPSA) is 53.6 Å². The molecule has 2 aliphatic rings. The summed E-state index contributed by atoms with van der Waals surface area (Å²) >= 11 is 5.92. The maximum absolute atomic E-state index is 12.3.